The number of hydrogen-bond donors (Lipinski definition) is 4. The number of amides is 3. The van der Waals surface area contributed by atoms with E-state index >= 15 is 0 Å². The fourth-order valence-corrected chi connectivity index (χ4v) is 2.62. The van der Waals surface area contributed by atoms with Gasteiger partial charge in [-0.05, 0) is 48.5 Å². The zero-order chi connectivity index (χ0) is 21.3. The van der Waals surface area contributed by atoms with E-state index in [1.165, 1.54) is 6.26 Å². The molecule has 0 aliphatic rings. The van der Waals surface area contributed by atoms with Gasteiger partial charge in [0.25, 0.3) is 5.91 Å². The first-order valence-electron chi connectivity index (χ1n) is 9.42. The van der Waals surface area contributed by atoms with E-state index in [1.54, 1.807) is 67.6 Å². The van der Waals surface area contributed by atoms with Crippen LogP contribution in [0.4, 0.5) is 22.7 Å². The van der Waals surface area contributed by atoms with Crippen molar-refractivity contribution in [2.45, 2.75) is 13.3 Å². The third-order valence-corrected chi connectivity index (χ3v) is 4.07. The van der Waals surface area contributed by atoms with Crippen molar-refractivity contribution >= 4 is 40.5 Å². The summed E-state index contributed by atoms with van der Waals surface area (Å²) in [5.74, 6) is -0.511. The van der Waals surface area contributed by atoms with E-state index in [2.05, 4.69) is 21.3 Å². The van der Waals surface area contributed by atoms with E-state index in [0.717, 1.165) is 0 Å². The van der Waals surface area contributed by atoms with Crippen LogP contribution in [0.1, 0.15) is 23.9 Å². The van der Waals surface area contributed by atoms with E-state index in [0.29, 0.717) is 29.2 Å². The number of carbonyl (C=O) groups excluding carboxylic acids is 3. The molecule has 1 aromatic heterocycles. The minimum Gasteiger partial charge on any atom is -0.459 e. The molecule has 0 aliphatic carbocycles. The number of nitrogens with one attached hydrogen (secondary N) is 4. The Kier molecular flexibility index (Phi) is 6.83. The van der Waals surface area contributed by atoms with Crippen LogP contribution in [-0.2, 0) is 9.59 Å². The number of benzene rings is 2. The summed E-state index contributed by atoms with van der Waals surface area (Å²) >= 11 is 0. The topological polar surface area (TPSA) is 112 Å². The first-order chi connectivity index (χ1) is 14.5. The van der Waals surface area contributed by atoms with Gasteiger partial charge in [-0.3, -0.25) is 14.4 Å². The molecule has 0 saturated carbocycles. The summed E-state index contributed by atoms with van der Waals surface area (Å²) in [6, 6.07) is 17.1. The third kappa shape index (κ3) is 5.96. The molecule has 8 nitrogen and oxygen atoms in total. The minimum absolute atomic E-state index is 0.0359. The van der Waals surface area contributed by atoms with Crippen LogP contribution in [0.3, 0.4) is 0 Å². The predicted molar refractivity (Wildman–Crippen MR) is 116 cm³/mol. The van der Waals surface area contributed by atoms with Crippen LogP contribution in [0.5, 0.6) is 0 Å². The van der Waals surface area contributed by atoms with Crippen molar-refractivity contribution in [3.63, 3.8) is 0 Å². The highest BCUT2D eigenvalue weighted by molar-refractivity contribution is 6.03. The van der Waals surface area contributed by atoms with Gasteiger partial charge in [0.15, 0.2) is 5.76 Å². The first kappa shape index (κ1) is 20.7. The van der Waals surface area contributed by atoms with Crippen LogP contribution in [0, 0.1) is 0 Å². The van der Waals surface area contributed by atoms with Gasteiger partial charge >= 0.3 is 0 Å². The summed E-state index contributed by atoms with van der Waals surface area (Å²) in [6.45, 7) is 1.81. The van der Waals surface area contributed by atoms with Crippen molar-refractivity contribution in [1.29, 1.82) is 0 Å². The maximum atomic E-state index is 12.3. The third-order valence-electron chi connectivity index (χ3n) is 4.07. The van der Waals surface area contributed by atoms with E-state index in [1.807, 2.05) is 0 Å². The molecule has 154 valence electrons. The van der Waals surface area contributed by atoms with Gasteiger partial charge in [-0.2, -0.15) is 0 Å². The lowest BCUT2D eigenvalue weighted by molar-refractivity contribution is -0.116. The molecule has 3 rings (SSSR count). The fourth-order valence-electron chi connectivity index (χ4n) is 2.62. The number of furan rings is 1. The van der Waals surface area contributed by atoms with Crippen LogP contribution in [0.25, 0.3) is 0 Å². The van der Waals surface area contributed by atoms with Crippen LogP contribution in [0.2, 0.25) is 0 Å². The summed E-state index contributed by atoms with van der Waals surface area (Å²) in [5, 5.41) is 11.3. The number of rotatable bonds is 8. The Hall–Kier alpha value is -4.07. The van der Waals surface area contributed by atoms with Gasteiger partial charge in [0.1, 0.15) is 0 Å². The Balaban J connectivity index is 1.53. The largest absolute Gasteiger partial charge is 0.459 e. The SMILES string of the molecule is CCC(=O)Nc1cccc(NCC(=O)Nc2cccc(NC(=O)c3ccco3)c2)c1. The molecule has 0 aliphatic heterocycles. The molecule has 0 fully saturated rings. The first-order valence-corrected chi connectivity index (χ1v) is 9.42. The summed E-state index contributed by atoms with van der Waals surface area (Å²) in [4.78, 5) is 35.8. The molecular weight excluding hydrogens is 384 g/mol. The molecule has 0 unspecified atom stereocenters. The molecule has 0 atom stereocenters. The smallest absolute Gasteiger partial charge is 0.291 e. The lowest BCUT2D eigenvalue weighted by Gasteiger charge is -2.11. The lowest BCUT2D eigenvalue weighted by atomic mass is 10.2. The highest BCUT2D eigenvalue weighted by atomic mass is 16.3. The lowest BCUT2D eigenvalue weighted by Crippen LogP contribution is -2.22. The Morgan fingerprint density at radius 1 is 0.767 bits per heavy atom. The second-order valence-electron chi connectivity index (χ2n) is 6.40. The molecule has 0 radical (unpaired) electrons. The maximum Gasteiger partial charge on any atom is 0.291 e. The van der Waals surface area contributed by atoms with Crippen LogP contribution >= 0.6 is 0 Å². The van der Waals surface area contributed by atoms with Crippen molar-refractivity contribution < 1.29 is 18.8 Å². The summed E-state index contributed by atoms with van der Waals surface area (Å²) < 4.78 is 5.06. The van der Waals surface area contributed by atoms with Crippen LogP contribution in [-0.4, -0.2) is 24.3 Å². The molecule has 3 aromatic rings. The predicted octanol–water partition coefficient (Wildman–Crippen LogP) is 3.93. The zero-order valence-electron chi connectivity index (χ0n) is 16.4. The number of hydrogen-bond acceptors (Lipinski definition) is 5. The number of anilines is 4. The van der Waals surface area contributed by atoms with E-state index in [9.17, 15) is 14.4 Å². The Labute approximate surface area is 173 Å². The molecular formula is C22H22N4O4. The molecule has 0 bridgehead atoms. The molecule has 4 N–H and O–H groups in total. The highest BCUT2D eigenvalue weighted by Crippen LogP contribution is 2.17. The average molecular weight is 406 g/mol. The summed E-state index contributed by atoms with van der Waals surface area (Å²) in [5.41, 5.74) is 2.44. The van der Waals surface area contributed by atoms with Gasteiger partial charge in [0, 0.05) is 29.2 Å². The maximum absolute atomic E-state index is 12.3. The zero-order valence-corrected chi connectivity index (χ0v) is 16.4. The molecule has 2 aromatic carbocycles. The van der Waals surface area contributed by atoms with Crippen LogP contribution in [0.15, 0.2) is 71.3 Å². The van der Waals surface area contributed by atoms with Gasteiger partial charge in [-0.1, -0.05) is 19.1 Å². The standard InChI is InChI=1S/C22H22N4O4/c1-2-20(27)24-16-7-3-6-15(12-16)23-14-21(28)25-17-8-4-9-18(13-17)26-22(29)19-10-5-11-30-19/h3-13,23H,2,14H2,1H3,(H,24,27)(H,25,28)(H,26,29). The van der Waals surface area contributed by atoms with E-state index in [-0.39, 0.29) is 30.0 Å². The van der Waals surface area contributed by atoms with Crippen molar-refractivity contribution in [3.05, 3.63) is 72.7 Å². The van der Waals surface area contributed by atoms with Gasteiger partial charge in [-0.15, -0.1) is 0 Å². The molecule has 3 amide bonds. The molecule has 0 saturated heterocycles. The highest BCUT2D eigenvalue weighted by Gasteiger charge is 2.09. The summed E-state index contributed by atoms with van der Waals surface area (Å²) in [7, 11) is 0. The Bertz CT molecular complexity index is 1030. The van der Waals surface area contributed by atoms with Gasteiger partial charge < -0.3 is 25.7 Å². The second kappa shape index (κ2) is 9.92. The number of carbonyl (C=O) groups is 3. The van der Waals surface area contributed by atoms with Crippen molar-refractivity contribution in [2.24, 2.45) is 0 Å². The fraction of sp³-hybridized carbons (Fsp3) is 0.136. The molecule has 8 heteroatoms. The van der Waals surface area contributed by atoms with Gasteiger partial charge in [0.2, 0.25) is 11.8 Å². The average Bonchev–Trinajstić information content (AvgIpc) is 3.28. The van der Waals surface area contributed by atoms with Crippen LogP contribution < -0.4 is 21.3 Å². The minimum atomic E-state index is -0.375. The molecule has 0 spiro atoms. The van der Waals surface area contributed by atoms with E-state index < -0.39 is 0 Å². The quantitative estimate of drug-likeness (QED) is 0.453. The molecule has 30 heavy (non-hydrogen) atoms. The van der Waals surface area contributed by atoms with Crippen molar-refractivity contribution in [3.8, 4) is 0 Å². The van der Waals surface area contributed by atoms with Gasteiger partial charge in [0.05, 0.1) is 12.8 Å². The van der Waals surface area contributed by atoms with E-state index in [4.69, 9.17) is 4.42 Å². The van der Waals surface area contributed by atoms with Crippen molar-refractivity contribution in [2.75, 3.05) is 27.8 Å². The normalized spacial score (nSPS) is 10.2. The Morgan fingerprint density at radius 2 is 1.37 bits per heavy atom. The second-order valence-corrected chi connectivity index (χ2v) is 6.40. The summed E-state index contributed by atoms with van der Waals surface area (Å²) in [6.07, 6.45) is 1.81. The Morgan fingerprint density at radius 3 is 2.00 bits per heavy atom. The van der Waals surface area contributed by atoms with Gasteiger partial charge in [-0.25, -0.2) is 0 Å². The molecule has 1 heterocycles. The van der Waals surface area contributed by atoms with Crippen molar-refractivity contribution in [1.82, 2.24) is 0 Å². The monoisotopic (exact) mass is 406 g/mol.